The standard InChI is InChI=1S/C16H16N2O3/c1-11-3-2-4-14(9-11)18-16(21)17-10-12-5-7-13(8-6-12)15(19)20/h2-9H,10H2,1H3,(H,19,20)(H2,17,18,21). The third-order valence-electron chi connectivity index (χ3n) is 2.93. The van der Waals surface area contributed by atoms with Crippen molar-refractivity contribution in [3.05, 3.63) is 65.2 Å². The van der Waals surface area contributed by atoms with Crippen molar-refractivity contribution in [3.63, 3.8) is 0 Å². The number of amides is 2. The maximum Gasteiger partial charge on any atom is 0.335 e. The molecule has 2 aromatic carbocycles. The minimum absolute atomic E-state index is 0.225. The molecule has 0 radical (unpaired) electrons. The summed E-state index contributed by atoms with van der Waals surface area (Å²) in [5, 5.41) is 14.3. The zero-order valence-corrected chi connectivity index (χ0v) is 11.6. The van der Waals surface area contributed by atoms with E-state index in [1.807, 2.05) is 31.2 Å². The van der Waals surface area contributed by atoms with Gasteiger partial charge in [0.15, 0.2) is 0 Å². The van der Waals surface area contributed by atoms with E-state index in [0.29, 0.717) is 6.54 Å². The van der Waals surface area contributed by atoms with Crippen molar-refractivity contribution in [2.45, 2.75) is 13.5 Å². The highest BCUT2D eigenvalue weighted by Crippen LogP contribution is 2.09. The first kappa shape index (κ1) is 14.6. The number of carbonyl (C=O) groups is 2. The third kappa shape index (κ3) is 4.35. The Hall–Kier alpha value is -2.82. The van der Waals surface area contributed by atoms with Crippen LogP contribution in [-0.4, -0.2) is 17.1 Å². The van der Waals surface area contributed by atoms with Gasteiger partial charge in [0.25, 0.3) is 0 Å². The number of carboxylic acid groups (broad SMARTS) is 1. The fourth-order valence-corrected chi connectivity index (χ4v) is 1.85. The predicted molar refractivity (Wildman–Crippen MR) is 80.4 cm³/mol. The molecular weight excluding hydrogens is 268 g/mol. The van der Waals surface area contributed by atoms with Gasteiger partial charge in [-0.2, -0.15) is 0 Å². The molecule has 3 N–H and O–H groups in total. The highest BCUT2D eigenvalue weighted by atomic mass is 16.4. The van der Waals surface area contributed by atoms with E-state index in [1.165, 1.54) is 12.1 Å². The van der Waals surface area contributed by atoms with Crippen LogP contribution in [0.15, 0.2) is 48.5 Å². The molecule has 0 saturated carbocycles. The Morgan fingerprint density at radius 1 is 1.10 bits per heavy atom. The molecule has 0 aliphatic heterocycles. The molecule has 0 unspecified atom stereocenters. The third-order valence-corrected chi connectivity index (χ3v) is 2.93. The molecule has 108 valence electrons. The minimum Gasteiger partial charge on any atom is -0.478 e. The number of carbonyl (C=O) groups excluding carboxylic acids is 1. The predicted octanol–water partition coefficient (Wildman–Crippen LogP) is 3.01. The zero-order chi connectivity index (χ0) is 15.2. The lowest BCUT2D eigenvalue weighted by Crippen LogP contribution is -2.28. The van der Waals surface area contributed by atoms with Gasteiger partial charge in [-0.1, -0.05) is 24.3 Å². The van der Waals surface area contributed by atoms with Gasteiger partial charge >= 0.3 is 12.0 Å². The number of urea groups is 1. The summed E-state index contributed by atoms with van der Waals surface area (Å²) >= 11 is 0. The molecule has 2 rings (SSSR count). The minimum atomic E-state index is -0.966. The van der Waals surface area contributed by atoms with Crippen LogP contribution in [0.3, 0.4) is 0 Å². The van der Waals surface area contributed by atoms with Crippen molar-refractivity contribution in [1.29, 1.82) is 0 Å². The molecule has 2 aromatic rings. The largest absolute Gasteiger partial charge is 0.478 e. The van der Waals surface area contributed by atoms with Crippen molar-refractivity contribution in [2.24, 2.45) is 0 Å². The SMILES string of the molecule is Cc1cccc(NC(=O)NCc2ccc(C(=O)O)cc2)c1. The summed E-state index contributed by atoms with van der Waals surface area (Å²) in [7, 11) is 0. The first-order valence-corrected chi connectivity index (χ1v) is 6.48. The lowest BCUT2D eigenvalue weighted by Gasteiger charge is -2.08. The number of benzene rings is 2. The van der Waals surface area contributed by atoms with Crippen LogP contribution in [0.5, 0.6) is 0 Å². The summed E-state index contributed by atoms with van der Waals surface area (Å²) in [6.07, 6.45) is 0. The second-order valence-electron chi connectivity index (χ2n) is 4.68. The fraction of sp³-hybridized carbons (Fsp3) is 0.125. The van der Waals surface area contributed by atoms with E-state index in [4.69, 9.17) is 5.11 Å². The number of hydrogen-bond donors (Lipinski definition) is 3. The van der Waals surface area contributed by atoms with E-state index in [9.17, 15) is 9.59 Å². The van der Waals surface area contributed by atoms with Crippen molar-refractivity contribution in [2.75, 3.05) is 5.32 Å². The maximum absolute atomic E-state index is 11.8. The van der Waals surface area contributed by atoms with Crippen LogP contribution < -0.4 is 10.6 Å². The molecule has 2 amide bonds. The normalized spacial score (nSPS) is 9.95. The molecule has 5 nitrogen and oxygen atoms in total. The zero-order valence-electron chi connectivity index (χ0n) is 11.6. The van der Waals surface area contributed by atoms with Crippen LogP contribution in [0.4, 0.5) is 10.5 Å². The summed E-state index contributed by atoms with van der Waals surface area (Å²) in [5.74, 6) is -0.966. The van der Waals surface area contributed by atoms with E-state index in [1.54, 1.807) is 12.1 Å². The number of nitrogens with one attached hydrogen (secondary N) is 2. The second-order valence-corrected chi connectivity index (χ2v) is 4.68. The van der Waals surface area contributed by atoms with E-state index >= 15 is 0 Å². The monoisotopic (exact) mass is 284 g/mol. The van der Waals surface area contributed by atoms with Crippen LogP contribution in [-0.2, 0) is 6.54 Å². The molecule has 21 heavy (non-hydrogen) atoms. The van der Waals surface area contributed by atoms with Crippen molar-refractivity contribution < 1.29 is 14.7 Å². The summed E-state index contributed by atoms with van der Waals surface area (Å²) in [6.45, 7) is 2.28. The number of carboxylic acids is 1. The van der Waals surface area contributed by atoms with Gasteiger partial charge in [0.2, 0.25) is 0 Å². The van der Waals surface area contributed by atoms with Gasteiger partial charge < -0.3 is 15.7 Å². The Morgan fingerprint density at radius 2 is 1.81 bits per heavy atom. The van der Waals surface area contributed by atoms with Crippen molar-refractivity contribution in [1.82, 2.24) is 5.32 Å². The van der Waals surface area contributed by atoms with Crippen LogP contribution >= 0.6 is 0 Å². The van der Waals surface area contributed by atoms with Crippen LogP contribution in [0.1, 0.15) is 21.5 Å². The smallest absolute Gasteiger partial charge is 0.335 e. The molecule has 0 aromatic heterocycles. The van der Waals surface area contributed by atoms with E-state index < -0.39 is 5.97 Å². The number of aromatic carboxylic acids is 1. The molecular formula is C16H16N2O3. The molecule has 0 aliphatic rings. The average molecular weight is 284 g/mol. The van der Waals surface area contributed by atoms with Gasteiger partial charge in [-0.15, -0.1) is 0 Å². The van der Waals surface area contributed by atoms with Crippen molar-refractivity contribution in [3.8, 4) is 0 Å². The average Bonchev–Trinajstić information content (AvgIpc) is 2.45. The fourth-order valence-electron chi connectivity index (χ4n) is 1.85. The molecule has 5 heteroatoms. The lowest BCUT2D eigenvalue weighted by atomic mass is 10.1. The maximum atomic E-state index is 11.8. The van der Waals surface area contributed by atoms with E-state index in [2.05, 4.69) is 10.6 Å². The van der Waals surface area contributed by atoms with Gasteiger partial charge in [-0.3, -0.25) is 0 Å². The Balaban J connectivity index is 1.87. The Morgan fingerprint density at radius 3 is 2.43 bits per heavy atom. The highest BCUT2D eigenvalue weighted by Gasteiger charge is 2.04. The number of anilines is 1. The first-order chi connectivity index (χ1) is 10.0. The van der Waals surface area contributed by atoms with E-state index in [0.717, 1.165) is 16.8 Å². The highest BCUT2D eigenvalue weighted by molar-refractivity contribution is 5.89. The molecule has 0 heterocycles. The molecule has 0 aliphatic carbocycles. The topological polar surface area (TPSA) is 78.4 Å². The molecule has 0 saturated heterocycles. The number of hydrogen-bond acceptors (Lipinski definition) is 2. The van der Waals surface area contributed by atoms with Gasteiger partial charge in [0.05, 0.1) is 5.56 Å². The Labute approximate surface area is 122 Å². The van der Waals surface area contributed by atoms with Crippen LogP contribution in [0.2, 0.25) is 0 Å². The van der Waals surface area contributed by atoms with E-state index in [-0.39, 0.29) is 11.6 Å². The summed E-state index contributed by atoms with van der Waals surface area (Å²) in [6, 6.07) is 13.6. The Kier molecular flexibility index (Phi) is 4.56. The van der Waals surface area contributed by atoms with Crippen molar-refractivity contribution >= 4 is 17.7 Å². The summed E-state index contributed by atoms with van der Waals surface area (Å²) in [5.41, 5.74) is 2.85. The summed E-state index contributed by atoms with van der Waals surface area (Å²) in [4.78, 5) is 22.5. The number of rotatable bonds is 4. The van der Waals surface area contributed by atoms with Gasteiger partial charge in [0.1, 0.15) is 0 Å². The van der Waals surface area contributed by atoms with Gasteiger partial charge in [0, 0.05) is 12.2 Å². The van der Waals surface area contributed by atoms with Crippen LogP contribution in [0, 0.1) is 6.92 Å². The van der Waals surface area contributed by atoms with Gasteiger partial charge in [-0.25, -0.2) is 9.59 Å². The second kappa shape index (κ2) is 6.56. The number of aryl methyl sites for hydroxylation is 1. The molecule has 0 bridgehead atoms. The quantitative estimate of drug-likeness (QED) is 0.807. The molecule has 0 spiro atoms. The molecule has 0 atom stereocenters. The molecule has 0 fully saturated rings. The van der Waals surface area contributed by atoms with Crippen LogP contribution in [0.25, 0.3) is 0 Å². The first-order valence-electron chi connectivity index (χ1n) is 6.48. The lowest BCUT2D eigenvalue weighted by molar-refractivity contribution is 0.0697. The Bertz CT molecular complexity index is 651. The van der Waals surface area contributed by atoms with Gasteiger partial charge in [-0.05, 0) is 42.3 Å². The summed E-state index contributed by atoms with van der Waals surface area (Å²) < 4.78 is 0.